The van der Waals surface area contributed by atoms with Crippen LogP contribution in [0, 0.1) is 5.92 Å². The van der Waals surface area contributed by atoms with E-state index in [9.17, 15) is 13.2 Å². The van der Waals surface area contributed by atoms with E-state index in [0.717, 1.165) is 18.4 Å². The third kappa shape index (κ3) is 5.66. The molecule has 2 atom stereocenters. The second-order valence-corrected chi connectivity index (χ2v) is 10.2. The molecule has 1 fully saturated rings. The molecule has 2 unspecified atom stereocenters. The molecule has 34 heavy (non-hydrogen) atoms. The lowest BCUT2D eigenvalue weighted by molar-refractivity contribution is 0.0914. The van der Waals surface area contributed by atoms with Crippen molar-refractivity contribution in [2.45, 2.75) is 43.7 Å². The van der Waals surface area contributed by atoms with Crippen LogP contribution in [0.3, 0.4) is 0 Å². The molecule has 3 heterocycles. The number of hydrogen-bond donors (Lipinski definition) is 2. The second-order valence-electron chi connectivity index (χ2n) is 8.40. The summed E-state index contributed by atoms with van der Waals surface area (Å²) in [7, 11) is -3.69. The summed E-state index contributed by atoms with van der Waals surface area (Å²) >= 11 is 0. The average molecular weight is 486 g/mol. The van der Waals surface area contributed by atoms with E-state index in [2.05, 4.69) is 25.2 Å². The standard InChI is InChI=1S/C23H27N5O5S/c1-15(2)20(23-27-21(28-33-23)16-9-11-24-12-10-16)26-22(29)17-5-7-19(8-6-17)34(30,31)25-14-18-4-3-13-32-18/h5-12,15,18,20,25H,3-4,13-14H2,1-2H3,(H,26,29). The minimum Gasteiger partial charge on any atom is -0.377 e. The summed E-state index contributed by atoms with van der Waals surface area (Å²) in [6.45, 7) is 4.74. The Hall–Kier alpha value is -3.15. The molecule has 180 valence electrons. The number of nitrogens with one attached hydrogen (secondary N) is 2. The number of carbonyl (C=O) groups is 1. The largest absolute Gasteiger partial charge is 0.377 e. The maximum Gasteiger partial charge on any atom is 0.251 e. The summed E-state index contributed by atoms with van der Waals surface area (Å²) in [6, 6.07) is 8.78. The molecule has 1 saturated heterocycles. The monoisotopic (exact) mass is 485 g/mol. The average Bonchev–Trinajstić information content (AvgIpc) is 3.54. The Morgan fingerprint density at radius 3 is 2.53 bits per heavy atom. The van der Waals surface area contributed by atoms with Crippen LogP contribution in [0.1, 0.15) is 49.0 Å². The molecule has 2 N–H and O–H groups in total. The van der Waals surface area contributed by atoms with Gasteiger partial charge in [-0.1, -0.05) is 19.0 Å². The summed E-state index contributed by atoms with van der Waals surface area (Å²) in [4.78, 5) is 21.4. The zero-order valence-corrected chi connectivity index (χ0v) is 19.8. The van der Waals surface area contributed by atoms with Crippen LogP contribution in [0.15, 0.2) is 58.2 Å². The summed E-state index contributed by atoms with van der Waals surface area (Å²) in [5.74, 6) is 0.282. The lowest BCUT2D eigenvalue weighted by Gasteiger charge is -2.18. The van der Waals surface area contributed by atoms with E-state index >= 15 is 0 Å². The zero-order chi connectivity index (χ0) is 24.1. The third-order valence-electron chi connectivity index (χ3n) is 5.55. The molecule has 0 bridgehead atoms. The van der Waals surface area contributed by atoms with Gasteiger partial charge in [-0.25, -0.2) is 13.1 Å². The molecule has 1 aromatic carbocycles. The molecule has 10 nitrogen and oxygen atoms in total. The van der Waals surface area contributed by atoms with Crippen molar-refractivity contribution in [2.24, 2.45) is 5.92 Å². The zero-order valence-electron chi connectivity index (χ0n) is 19.0. The lowest BCUT2D eigenvalue weighted by atomic mass is 10.0. The van der Waals surface area contributed by atoms with Crippen LogP contribution in [0.2, 0.25) is 0 Å². The predicted octanol–water partition coefficient (Wildman–Crippen LogP) is 2.72. The molecule has 2 aromatic heterocycles. The first kappa shape index (κ1) is 24.0. The Bertz CT molecular complexity index is 1210. The van der Waals surface area contributed by atoms with E-state index in [0.29, 0.717) is 18.0 Å². The Morgan fingerprint density at radius 1 is 1.15 bits per heavy atom. The first-order chi connectivity index (χ1) is 16.3. The van der Waals surface area contributed by atoms with Crippen LogP contribution in [0.25, 0.3) is 11.4 Å². The Labute approximate surface area is 198 Å². The third-order valence-corrected chi connectivity index (χ3v) is 6.99. The SMILES string of the molecule is CC(C)C(NC(=O)c1ccc(S(=O)(=O)NCC2CCCO2)cc1)c1nc(-c2ccncc2)no1. The van der Waals surface area contributed by atoms with Gasteiger partial charge in [0.25, 0.3) is 5.91 Å². The molecule has 0 radical (unpaired) electrons. The number of benzene rings is 1. The maximum absolute atomic E-state index is 12.9. The molecule has 3 aromatic rings. The van der Waals surface area contributed by atoms with Crippen LogP contribution >= 0.6 is 0 Å². The van der Waals surface area contributed by atoms with Crippen molar-refractivity contribution in [1.29, 1.82) is 0 Å². The molecule has 11 heteroatoms. The number of pyridine rings is 1. The Morgan fingerprint density at radius 2 is 1.88 bits per heavy atom. The van der Waals surface area contributed by atoms with Gasteiger partial charge in [0, 0.05) is 36.7 Å². The van der Waals surface area contributed by atoms with Crippen molar-refractivity contribution < 1.29 is 22.5 Å². The fraction of sp³-hybridized carbons (Fsp3) is 0.391. The van der Waals surface area contributed by atoms with Crippen molar-refractivity contribution in [2.75, 3.05) is 13.2 Å². The number of sulfonamides is 1. The Kier molecular flexibility index (Phi) is 7.35. The lowest BCUT2D eigenvalue weighted by Crippen LogP contribution is -2.32. The van der Waals surface area contributed by atoms with Gasteiger partial charge in [0.2, 0.25) is 21.7 Å². The highest BCUT2D eigenvalue weighted by molar-refractivity contribution is 7.89. The molecular weight excluding hydrogens is 458 g/mol. The minimum atomic E-state index is -3.69. The highest BCUT2D eigenvalue weighted by atomic mass is 32.2. The normalized spacial score (nSPS) is 17.1. The number of ether oxygens (including phenoxy) is 1. The smallest absolute Gasteiger partial charge is 0.251 e. The van der Waals surface area contributed by atoms with Gasteiger partial charge >= 0.3 is 0 Å². The number of nitrogens with zero attached hydrogens (tertiary/aromatic N) is 3. The minimum absolute atomic E-state index is 0.0312. The van der Waals surface area contributed by atoms with E-state index in [1.54, 1.807) is 24.5 Å². The van der Waals surface area contributed by atoms with Gasteiger partial charge in [0.15, 0.2) is 0 Å². The first-order valence-corrected chi connectivity index (χ1v) is 12.6. The van der Waals surface area contributed by atoms with Crippen LogP contribution < -0.4 is 10.0 Å². The van der Waals surface area contributed by atoms with Crippen molar-refractivity contribution in [3.05, 3.63) is 60.2 Å². The van der Waals surface area contributed by atoms with Gasteiger partial charge in [-0.15, -0.1) is 0 Å². The van der Waals surface area contributed by atoms with Crippen molar-refractivity contribution >= 4 is 15.9 Å². The molecule has 0 aliphatic carbocycles. The molecule has 0 saturated carbocycles. The van der Waals surface area contributed by atoms with Gasteiger partial charge in [0.05, 0.1) is 11.0 Å². The van der Waals surface area contributed by atoms with Crippen LogP contribution in [0.5, 0.6) is 0 Å². The summed E-state index contributed by atoms with van der Waals surface area (Å²) in [6.07, 6.45) is 4.94. The summed E-state index contributed by atoms with van der Waals surface area (Å²) in [5.41, 5.74) is 1.07. The molecule has 1 aliphatic rings. The van der Waals surface area contributed by atoms with Crippen LogP contribution in [0.4, 0.5) is 0 Å². The van der Waals surface area contributed by atoms with E-state index in [1.807, 2.05) is 13.8 Å². The fourth-order valence-electron chi connectivity index (χ4n) is 3.59. The second kappa shape index (κ2) is 10.4. The van der Waals surface area contributed by atoms with Gasteiger partial charge in [0.1, 0.15) is 6.04 Å². The van der Waals surface area contributed by atoms with Gasteiger partial charge in [-0.2, -0.15) is 4.98 Å². The van der Waals surface area contributed by atoms with Gasteiger partial charge < -0.3 is 14.6 Å². The van der Waals surface area contributed by atoms with Crippen molar-refractivity contribution in [3.63, 3.8) is 0 Å². The molecule has 1 aliphatic heterocycles. The van der Waals surface area contributed by atoms with Crippen molar-refractivity contribution in [1.82, 2.24) is 25.2 Å². The Balaban J connectivity index is 1.43. The van der Waals surface area contributed by atoms with Gasteiger partial charge in [-0.3, -0.25) is 9.78 Å². The molecule has 0 spiro atoms. The van der Waals surface area contributed by atoms with E-state index < -0.39 is 16.1 Å². The van der Waals surface area contributed by atoms with Crippen LogP contribution in [-0.4, -0.2) is 48.7 Å². The molecule has 4 rings (SSSR count). The van der Waals surface area contributed by atoms with E-state index in [-0.39, 0.29) is 35.3 Å². The van der Waals surface area contributed by atoms with Crippen molar-refractivity contribution in [3.8, 4) is 11.4 Å². The van der Waals surface area contributed by atoms with Gasteiger partial charge in [-0.05, 0) is 55.2 Å². The first-order valence-electron chi connectivity index (χ1n) is 11.1. The highest BCUT2D eigenvalue weighted by Crippen LogP contribution is 2.24. The molecule has 1 amide bonds. The number of hydrogen-bond acceptors (Lipinski definition) is 8. The van der Waals surface area contributed by atoms with Crippen LogP contribution in [-0.2, 0) is 14.8 Å². The summed E-state index contributed by atoms with van der Waals surface area (Å²) < 4.78 is 38.5. The number of amides is 1. The topological polar surface area (TPSA) is 136 Å². The molecular formula is C23H27N5O5S. The quantitative estimate of drug-likeness (QED) is 0.472. The maximum atomic E-state index is 12.9. The van der Waals surface area contributed by atoms with E-state index in [1.165, 1.54) is 24.3 Å². The highest BCUT2D eigenvalue weighted by Gasteiger charge is 2.26. The number of carbonyl (C=O) groups excluding carboxylic acids is 1. The van der Waals surface area contributed by atoms with E-state index in [4.69, 9.17) is 9.26 Å². The predicted molar refractivity (Wildman–Crippen MR) is 123 cm³/mol. The number of rotatable bonds is 9. The summed E-state index contributed by atoms with van der Waals surface area (Å²) in [5, 5.41) is 6.91. The number of aromatic nitrogens is 3. The fourth-order valence-corrected chi connectivity index (χ4v) is 4.66.